The number of para-hydroxylation sites is 1. The summed E-state index contributed by atoms with van der Waals surface area (Å²) in [5, 5.41) is 4.98. The van der Waals surface area contributed by atoms with Gasteiger partial charge in [0.2, 0.25) is 0 Å². The average Bonchev–Trinajstić information content (AvgIpc) is 2.93. The Labute approximate surface area is 206 Å². The van der Waals surface area contributed by atoms with Crippen molar-refractivity contribution in [3.8, 4) is 0 Å². The molecule has 6 rings (SSSR count). The van der Waals surface area contributed by atoms with Crippen molar-refractivity contribution in [3.05, 3.63) is 140 Å². The average molecular weight is 451 g/mol. The predicted molar refractivity (Wildman–Crippen MR) is 151 cm³/mol. The van der Waals surface area contributed by atoms with Crippen LogP contribution in [-0.2, 0) is 0 Å². The van der Waals surface area contributed by atoms with Gasteiger partial charge in [-0.05, 0) is 76.1 Å². The molecule has 0 bridgehead atoms. The Bertz CT molecular complexity index is 1620. The van der Waals surface area contributed by atoms with Gasteiger partial charge in [-0.1, -0.05) is 84.9 Å². The van der Waals surface area contributed by atoms with Crippen LogP contribution in [0.2, 0.25) is 0 Å². The Morgan fingerprint density at radius 3 is 1.49 bits per heavy atom. The van der Waals surface area contributed by atoms with Gasteiger partial charge >= 0.3 is 0 Å². The van der Waals surface area contributed by atoms with Crippen LogP contribution in [0.3, 0.4) is 0 Å². The maximum absolute atomic E-state index is 2.32. The molecule has 0 aliphatic carbocycles. The summed E-state index contributed by atoms with van der Waals surface area (Å²) in [4.78, 5) is 4.57. The minimum atomic E-state index is 1.12. The zero-order valence-electron chi connectivity index (χ0n) is 19.7. The highest BCUT2D eigenvalue weighted by atomic mass is 15.2. The van der Waals surface area contributed by atoms with Crippen LogP contribution in [0.4, 0.5) is 28.4 Å². The van der Waals surface area contributed by atoms with Crippen molar-refractivity contribution in [2.24, 2.45) is 0 Å². The minimum Gasteiger partial charge on any atom is -0.345 e. The zero-order chi connectivity index (χ0) is 23.6. The number of benzene rings is 6. The fourth-order valence-electron chi connectivity index (χ4n) is 4.72. The maximum atomic E-state index is 2.32. The summed E-state index contributed by atoms with van der Waals surface area (Å²) >= 11 is 0. The SMILES string of the molecule is CN(c1cccc(N(c2ccccc2)c2ccc3ccccc3c2)c1)c1ccc2ccccc2c1. The first-order chi connectivity index (χ1) is 17.3. The molecule has 0 heterocycles. The summed E-state index contributed by atoms with van der Waals surface area (Å²) in [6.45, 7) is 0. The molecule has 0 saturated heterocycles. The molecule has 0 fully saturated rings. The van der Waals surface area contributed by atoms with E-state index in [4.69, 9.17) is 0 Å². The molecule has 0 aromatic heterocycles. The van der Waals surface area contributed by atoms with Gasteiger partial charge in [0.05, 0.1) is 0 Å². The van der Waals surface area contributed by atoms with Crippen molar-refractivity contribution in [2.45, 2.75) is 0 Å². The molecule has 6 aromatic rings. The molecule has 0 spiro atoms. The number of fused-ring (bicyclic) bond motifs is 2. The van der Waals surface area contributed by atoms with Crippen LogP contribution in [-0.4, -0.2) is 7.05 Å². The monoisotopic (exact) mass is 450 g/mol. The number of nitrogens with zero attached hydrogens (tertiary/aromatic N) is 2. The predicted octanol–water partition coefficient (Wildman–Crippen LogP) is 9.23. The molecule has 0 N–H and O–H groups in total. The first kappa shape index (κ1) is 21.0. The highest BCUT2D eigenvalue weighted by Crippen LogP contribution is 2.38. The second-order valence-electron chi connectivity index (χ2n) is 8.81. The summed E-state index contributed by atoms with van der Waals surface area (Å²) in [6, 6.07) is 49.6. The number of hydrogen-bond donors (Lipinski definition) is 0. The van der Waals surface area contributed by atoms with Crippen LogP contribution in [0.25, 0.3) is 21.5 Å². The van der Waals surface area contributed by atoms with E-state index in [1.165, 1.54) is 21.5 Å². The van der Waals surface area contributed by atoms with Gasteiger partial charge in [-0.2, -0.15) is 0 Å². The van der Waals surface area contributed by atoms with Gasteiger partial charge in [0.1, 0.15) is 0 Å². The third-order valence-electron chi connectivity index (χ3n) is 6.60. The van der Waals surface area contributed by atoms with E-state index >= 15 is 0 Å². The molecule has 168 valence electrons. The Balaban J connectivity index is 1.44. The molecule has 0 aliphatic heterocycles. The van der Waals surface area contributed by atoms with Crippen LogP contribution in [0, 0.1) is 0 Å². The van der Waals surface area contributed by atoms with E-state index in [-0.39, 0.29) is 0 Å². The van der Waals surface area contributed by atoms with Crippen LogP contribution in [0.1, 0.15) is 0 Å². The lowest BCUT2D eigenvalue weighted by molar-refractivity contribution is 1.20. The first-order valence-electron chi connectivity index (χ1n) is 11.9. The topological polar surface area (TPSA) is 6.48 Å². The highest BCUT2D eigenvalue weighted by molar-refractivity contribution is 5.90. The van der Waals surface area contributed by atoms with E-state index in [1.54, 1.807) is 0 Å². The van der Waals surface area contributed by atoms with Crippen molar-refractivity contribution in [3.63, 3.8) is 0 Å². The maximum Gasteiger partial charge on any atom is 0.0482 e. The number of hydrogen-bond acceptors (Lipinski definition) is 2. The number of rotatable bonds is 5. The largest absolute Gasteiger partial charge is 0.345 e. The molecule has 0 atom stereocenters. The van der Waals surface area contributed by atoms with Gasteiger partial charge < -0.3 is 9.80 Å². The summed E-state index contributed by atoms with van der Waals surface area (Å²) in [5.41, 5.74) is 5.70. The summed E-state index contributed by atoms with van der Waals surface area (Å²) < 4.78 is 0. The van der Waals surface area contributed by atoms with Gasteiger partial charge in [-0.25, -0.2) is 0 Å². The van der Waals surface area contributed by atoms with E-state index in [0.717, 1.165) is 28.4 Å². The lowest BCUT2D eigenvalue weighted by atomic mass is 10.1. The highest BCUT2D eigenvalue weighted by Gasteiger charge is 2.14. The Morgan fingerprint density at radius 2 is 0.800 bits per heavy atom. The molecule has 6 aromatic carbocycles. The molecular weight excluding hydrogens is 424 g/mol. The second-order valence-corrected chi connectivity index (χ2v) is 8.81. The van der Waals surface area contributed by atoms with Gasteiger partial charge in [0.15, 0.2) is 0 Å². The fourth-order valence-corrected chi connectivity index (χ4v) is 4.72. The summed E-state index contributed by atoms with van der Waals surface area (Å²) in [6.07, 6.45) is 0. The van der Waals surface area contributed by atoms with E-state index in [2.05, 4.69) is 156 Å². The fraction of sp³-hybridized carbons (Fsp3) is 0.0303. The molecule has 0 aliphatic rings. The molecule has 0 amide bonds. The lowest BCUT2D eigenvalue weighted by Gasteiger charge is -2.28. The van der Waals surface area contributed by atoms with E-state index in [9.17, 15) is 0 Å². The quantitative estimate of drug-likeness (QED) is 0.258. The zero-order valence-corrected chi connectivity index (χ0v) is 19.7. The van der Waals surface area contributed by atoms with Gasteiger partial charge in [-0.15, -0.1) is 0 Å². The lowest BCUT2D eigenvalue weighted by Crippen LogP contribution is -2.13. The summed E-state index contributed by atoms with van der Waals surface area (Å²) in [5.74, 6) is 0. The molecule has 35 heavy (non-hydrogen) atoms. The van der Waals surface area contributed by atoms with Crippen molar-refractivity contribution < 1.29 is 0 Å². The first-order valence-corrected chi connectivity index (χ1v) is 11.9. The van der Waals surface area contributed by atoms with Crippen LogP contribution in [0.5, 0.6) is 0 Å². The molecule has 2 nitrogen and oxygen atoms in total. The van der Waals surface area contributed by atoms with Gasteiger partial charge in [0.25, 0.3) is 0 Å². The van der Waals surface area contributed by atoms with E-state index < -0.39 is 0 Å². The molecule has 0 radical (unpaired) electrons. The van der Waals surface area contributed by atoms with Crippen molar-refractivity contribution in [1.29, 1.82) is 0 Å². The summed E-state index contributed by atoms with van der Waals surface area (Å²) in [7, 11) is 2.13. The Morgan fingerprint density at radius 1 is 0.343 bits per heavy atom. The molecular formula is C33H26N2. The van der Waals surface area contributed by atoms with Gasteiger partial charge in [0, 0.05) is 35.5 Å². The van der Waals surface area contributed by atoms with Gasteiger partial charge in [-0.3, -0.25) is 0 Å². The molecule has 0 unspecified atom stereocenters. The van der Waals surface area contributed by atoms with E-state index in [0.29, 0.717) is 0 Å². The smallest absolute Gasteiger partial charge is 0.0482 e. The van der Waals surface area contributed by atoms with E-state index in [1.807, 2.05) is 0 Å². The normalized spacial score (nSPS) is 11.0. The third kappa shape index (κ3) is 4.11. The Kier molecular flexibility index (Phi) is 5.40. The second kappa shape index (κ2) is 9.00. The Hall–Kier alpha value is -4.56. The number of anilines is 5. The standard InChI is InChI=1S/C33H26N2/c1-34(31-20-18-25-10-5-7-12-27(25)22-31)30-16-9-17-32(24-30)35(29-14-3-2-4-15-29)33-21-19-26-11-6-8-13-28(26)23-33/h2-24H,1H3. The van der Waals surface area contributed by atoms with Crippen LogP contribution in [0.15, 0.2) is 140 Å². The molecule has 2 heteroatoms. The van der Waals surface area contributed by atoms with Crippen LogP contribution >= 0.6 is 0 Å². The minimum absolute atomic E-state index is 1.12. The molecule has 0 saturated carbocycles. The van der Waals surface area contributed by atoms with Crippen LogP contribution < -0.4 is 9.80 Å². The van der Waals surface area contributed by atoms with Crippen molar-refractivity contribution >= 4 is 50.0 Å². The van der Waals surface area contributed by atoms with Crippen molar-refractivity contribution in [1.82, 2.24) is 0 Å². The third-order valence-corrected chi connectivity index (χ3v) is 6.60. The van der Waals surface area contributed by atoms with Crippen molar-refractivity contribution in [2.75, 3.05) is 16.8 Å².